The molecule has 19 heteroatoms. The van der Waals surface area contributed by atoms with Gasteiger partial charge in [0.2, 0.25) is 35.4 Å². The number of carbonyl (C=O) groups excluding carboxylic acids is 7. The van der Waals surface area contributed by atoms with Crippen molar-refractivity contribution in [2.75, 3.05) is 26.2 Å². The molecule has 19 nitrogen and oxygen atoms in total. The summed E-state index contributed by atoms with van der Waals surface area (Å²) in [5.74, 6) is -4.45. The number of hydrogen-bond acceptors (Lipinski definition) is 11. The van der Waals surface area contributed by atoms with Gasteiger partial charge in [-0.3, -0.25) is 28.8 Å². The molecule has 0 aliphatic carbocycles. The van der Waals surface area contributed by atoms with Crippen molar-refractivity contribution in [3.8, 4) is 5.75 Å². The third kappa shape index (κ3) is 13.1. The maximum Gasteiger partial charge on any atom is 0.407 e. The second-order valence-corrected chi connectivity index (χ2v) is 17.5. The number of unbranched alkanes of at least 4 members (excludes halogenated alkanes) is 1. The van der Waals surface area contributed by atoms with Crippen molar-refractivity contribution in [2.24, 2.45) is 11.5 Å². The minimum atomic E-state index is -1.42. The number of phenolic OH excluding ortho intramolecular Hbond substituents is 1. The first kappa shape index (κ1) is 50.1. The van der Waals surface area contributed by atoms with E-state index in [2.05, 4.69) is 36.9 Å². The van der Waals surface area contributed by atoms with Gasteiger partial charge >= 0.3 is 6.09 Å². The van der Waals surface area contributed by atoms with Crippen LogP contribution in [0.5, 0.6) is 5.75 Å². The van der Waals surface area contributed by atoms with Crippen LogP contribution < -0.4 is 43.4 Å². The van der Waals surface area contributed by atoms with Crippen LogP contribution in [0.2, 0.25) is 0 Å². The Kier molecular flexibility index (Phi) is 17.2. The maximum atomic E-state index is 15.1. The summed E-state index contributed by atoms with van der Waals surface area (Å²) >= 11 is 0. The topological polar surface area (TPSA) is 292 Å². The minimum Gasteiger partial charge on any atom is -0.508 e. The van der Waals surface area contributed by atoms with E-state index in [1.807, 2.05) is 24.3 Å². The van der Waals surface area contributed by atoms with E-state index in [-0.39, 0.29) is 57.5 Å². The van der Waals surface area contributed by atoms with Crippen LogP contribution in [0.25, 0.3) is 10.9 Å². The van der Waals surface area contributed by atoms with Gasteiger partial charge < -0.3 is 63.1 Å². The highest BCUT2D eigenvalue weighted by Crippen LogP contribution is 2.26. The van der Waals surface area contributed by atoms with Crippen LogP contribution in [0.15, 0.2) is 115 Å². The summed E-state index contributed by atoms with van der Waals surface area (Å²) in [6.07, 6.45) is 0.556. The monoisotopic (exact) mass is 956 g/mol. The van der Waals surface area contributed by atoms with E-state index in [0.717, 1.165) is 10.9 Å². The van der Waals surface area contributed by atoms with Gasteiger partial charge in [-0.25, -0.2) is 4.79 Å². The molecule has 0 unspecified atom stereocenters. The van der Waals surface area contributed by atoms with Gasteiger partial charge in [0.1, 0.15) is 48.1 Å². The average molecular weight is 957 g/mol. The average Bonchev–Trinajstić information content (AvgIpc) is 3.98. The highest BCUT2D eigenvalue weighted by atomic mass is 16.6. The predicted octanol–water partition coefficient (Wildman–Crippen LogP) is 1.50. The predicted molar refractivity (Wildman–Crippen MR) is 259 cm³/mol. The molecule has 5 aromatic rings. The maximum absolute atomic E-state index is 15.1. The van der Waals surface area contributed by atoms with Crippen molar-refractivity contribution in [1.82, 2.24) is 41.8 Å². The molecule has 2 fully saturated rings. The quantitative estimate of drug-likeness (QED) is 0.0712. The number of rotatable bonds is 14. The van der Waals surface area contributed by atoms with Crippen LogP contribution in [0.3, 0.4) is 0 Å². The Morgan fingerprint density at radius 1 is 0.643 bits per heavy atom. The molecule has 2 aliphatic rings. The Balaban J connectivity index is 1.32. The van der Waals surface area contributed by atoms with Crippen molar-refractivity contribution in [3.63, 3.8) is 0 Å². The minimum absolute atomic E-state index is 0.0223. The van der Waals surface area contributed by atoms with Crippen LogP contribution in [0.4, 0.5) is 4.79 Å². The van der Waals surface area contributed by atoms with E-state index in [1.165, 1.54) is 17.0 Å². The van der Waals surface area contributed by atoms with Crippen LogP contribution in [-0.2, 0) is 52.8 Å². The molecule has 0 bridgehead atoms. The number of aromatic amines is 1. The number of nitrogens with zero attached hydrogens (tertiary/aromatic N) is 1. The third-order valence-corrected chi connectivity index (χ3v) is 12.4. The summed E-state index contributed by atoms with van der Waals surface area (Å²) < 4.78 is 5.69. The molecule has 0 saturated carbocycles. The van der Waals surface area contributed by atoms with Crippen molar-refractivity contribution in [2.45, 2.75) is 87.3 Å². The van der Waals surface area contributed by atoms with Crippen molar-refractivity contribution < 1.29 is 43.4 Å². The number of phenols is 1. The summed E-state index contributed by atoms with van der Waals surface area (Å²) in [5.41, 5.74) is 14.5. The number of para-hydroxylation sites is 1. The SMILES string of the molecule is NCCCC[C@@H]1NC(=O)[C@@H](Cc2c[nH]c3ccccc23)NC(=O)[C@H](c2ccccc2)NC(=O)[C@@H]2C[C@@H](OC(=O)NCCN)CN2C(=O)[C@H](Cc2ccccc2)NC(=O)[C@H](Cc2ccc(O)cc2)NC1=O. The molecule has 2 saturated heterocycles. The molecule has 7 rings (SSSR count). The van der Waals surface area contributed by atoms with Gasteiger partial charge in [0.15, 0.2) is 0 Å². The van der Waals surface area contributed by atoms with Crippen LogP contribution in [0.1, 0.15) is 54.0 Å². The Bertz CT molecular complexity index is 2610. The van der Waals surface area contributed by atoms with Gasteiger partial charge in [-0.05, 0) is 66.3 Å². The number of aromatic nitrogens is 1. The number of ether oxygens (including phenoxy) is 1. The van der Waals surface area contributed by atoms with Gasteiger partial charge in [0.25, 0.3) is 0 Å². The lowest BCUT2D eigenvalue weighted by Crippen LogP contribution is -2.61. The molecule has 0 radical (unpaired) electrons. The van der Waals surface area contributed by atoms with E-state index in [4.69, 9.17) is 16.2 Å². The smallest absolute Gasteiger partial charge is 0.407 e. The van der Waals surface area contributed by atoms with Crippen molar-refractivity contribution >= 4 is 52.4 Å². The molecule has 7 atom stereocenters. The van der Waals surface area contributed by atoms with Gasteiger partial charge in [-0.15, -0.1) is 0 Å². The van der Waals surface area contributed by atoms with Crippen LogP contribution in [-0.4, -0.2) is 119 Å². The lowest BCUT2D eigenvalue weighted by molar-refractivity contribution is -0.143. The van der Waals surface area contributed by atoms with Crippen molar-refractivity contribution in [1.29, 1.82) is 0 Å². The standard InChI is InChI=1S/C51H60N10O9/c52-22-10-9-17-39-45(63)57-40(25-32-18-20-35(62)21-19-32)46(64)59-42(26-31-11-3-1-4-12-31)50(68)61-30-36(70-51(69)54-24-23-53)28-43(61)48(66)60-44(33-13-5-2-6-14-33)49(67)58-41(47(65)56-39)27-34-29-55-38-16-8-7-15-37(34)38/h1-8,11-16,18-21,29,36,39-44,55,62H,9-10,17,22-28,30,52-53H2,(H,54,69)(H,56,65)(H,57,63)(H,58,67)(H,59,64)(H,60,66)/t36-,39+,40+,41-,42+,43+,44+/m1/s1. The molecule has 1 aromatic heterocycles. The van der Waals surface area contributed by atoms with Crippen LogP contribution in [0, 0.1) is 0 Å². The van der Waals surface area contributed by atoms with Gasteiger partial charge in [0, 0.05) is 55.9 Å². The molecule has 7 amide bonds. The highest BCUT2D eigenvalue weighted by Gasteiger charge is 2.45. The summed E-state index contributed by atoms with van der Waals surface area (Å²) in [4.78, 5) is 106. The van der Waals surface area contributed by atoms with Gasteiger partial charge in [-0.2, -0.15) is 0 Å². The molecule has 368 valence electrons. The highest BCUT2D eigenvalue weighted by molar-refractivity contribution is 5.99. The van der Waals surface area contributed by atoms with E-state index in [9.17, 15) is 33.9 Å². The Hall–Kier alpha value is -7.77. The first-order chi connectivity index (χ1) is 33.9. The fourth-order valence-corrected chi connectivity index (χ4v) is 8.82. The number of nitrogens with two attached hydrogens (primary N) is 2. The molecule has 3 heterocycles. The second-order valence-electron chi connectivity index (χ2n) is 17.5. The van der Waals surface area contributed by atoms with Crippen molar-refractivity contribution in [3.05, 3.63) is 138 Å². The lowest BCUT2D eigenvalue weighted by atomic mass is 9.99. The van der Waals surface area contributed by atoms with Gasteiger partial charge in [0.05, 0.1) is 6.54 Å². The Morgan fingerprint density at radius 2 is 1.24 bits per heavy atom. The molecule has 12 N–H and O–H groups in total. The molecular formula is C51H60N10O9. The number of alkyl carbamates (subject to hydrolysis) is 1. The largest absolute Gasteiger partial charge is 0.508 e. The number of H-pyrrole nitrogens is 1. The fraction of sp³-hybridized carbons (Fsp3) is 0.353. The molecule has 0 spiro atoms. The number of nitrogens with one attached hydrogen (secondary N) is 7. The zero-order valence-electron chi connectivity index (χ0n) is 38.6. The summed E-state index contributed by atoms with van der Waals surface area (Å²) in [6, 6.07) is 22.7. The lowest BCUT2D eigenvalue weighted by Gasteiger charge is -2.32. The zero-order chi connectivity index (χ0) is 49.6. The van der Waals surface area contributed by atoms with Gasteiger partial charge in [-0.1, -0.05) is 91.0 Å². The summed E-state index contributed by atoms with van der Waals surface area (Å²) in [7, 11) is 0. The normalized spacial score (nSPS) is 22.7. The number of benzene rings is 4. The zero-order valence-corrected chi connectivity index (χ0v) is 38.6. The summed E-state index contributed by atoms with van der Waals surface area (Å²) in [6.45, 7) is 0.282. The summed E-state index contributed by atoms with van der Waals surface area (Å²) in [5, 5.41) is 27.7. The molecular weight excluding hydrogens is 897 g/mol. The number of carbonyl (C=O) groups is 7. The van der Waals surface area contributed by atoms with E-state index in [1.54, 1.807) is 79.0 Å². The number of hydrogen-bond donors (Lipinski definition) is 10. The van der Waals surface area contributed by atoms with E-state index >= 15 is 4.79 Å². The first-order valence-electron chi connectivity index (χ1n) is 23.5. The van der Waals surface area contributed by atoms with E-state index in [0.29, 0.717) is 41.6 Å². The molecule has 4 aromatic carbocycles. The fourth-order valence-electron chi connectivity index (χ4n) is 8.82. The number of fused-ring (bicyclic) bond motifs is 2. The second kappa shape index (κ2) is 24.0. The number of aromatic hydroxyl groups is 1. The third-order valence-electron chi connectivity index (χ3n) is 12.4. The molecule has 70 heavy (non-hydrogen) atoms. The molecule has 2 aliphatic heterocycles. The Morgan fingerprint density at radius 3 is 1.96 bits per heavy atom. The first-order valence-corrected chi connectivity index (χ1v) is 23.5. The van der Waals surface area contributed by atoms with Crippen LogP contribution >= 0.6 is 0 Å². The Labute approximate surface area is 404 Å². The number of amides is 7. The van der Waals surface area contributed by atoms with E-state index < -0.39 is 83.9 Å².